The molecule has 0 saturated carbocycles. The first-order chi connectivity index (χ1) is 12.4. The molecule has 0 bridgehead atoms. The average molecular weight is 354 g/mol. The van der Waals surface area contributed by atoms with Crippen molar-refractivity contribution >= 4 is 17.8 Å². The summed E-state index contributed by atoms with van der Waals surface area (Å²) in [6.45, 7) is 0.00884. The summed E-state index contributed by atoms with van der Waals surface area (Å²) in [5.41, 5.74) is 1.62. The maximum atomic E-state index is 12.3. The number of aliphatic carboxylic acids is 1. The van der Waals surface area contributed by atoms with Gasteiger partial charge in [0.2, 0.25) is 0 Å². The van der Waals surface area contributed by atoms with Crippen LogP contribution in [0.15, 0.2) is 54.6 Å². The number of nitrogens with one attached hydrogen (secondary N) is 1. The number of rotatable bonds is 7. The fourth-order valence-corrected chi connectivity index (χ4v) is 2.52. The summed E-state index contributed by atoms with van der Waals surface area (Å²) < 4.78 is 0. The predicted molar refractivity (Wildman–Crippen MR) is 98.1 cm³/mol. The Morgan fingerprint density at radius 1 is 1.00 bits per heavy atom. The number of benzene rings is 2. The molecule has 1 unspecified atom stereocenters. The molecular formula is C20H22N2O4. The Hall–Kier alpha value is -3.15. The van der Waals surface area contributed by atoms with E-state index in [4.69, 9.17) is 0 Å². The first-order valence-electron chi connectivity index (χ1n) is 8.25. The summed E-state index contributed by atoms with van der Waals surface area (Å²) in [4.78, 5) is 37.2. The van der Waals surface area contributed by atoms with Crippen LogP contribution >= 0.6 is 0 Å². The lowest BCUT2D eigenvalue weighted by Gasteiger charge is -2.14. The van der Waals surface area contributed by atoms with Gasteiger partial charge in [-0.2, -0.15) is 0 Å². The van der Waals surface area contributed by atoms with Crippen LogP contribution in [0.4, 0.5) is 0 Å². The minimum absolute atomic E-state index is 0.00884. The van der Waals surface area contributed by atoms with Crippen LogP contribution in [-0.2, 0) is 11.2 Å². The summed E-state index contributed by atoms with van der Waals surface area (Å²) in [5.74, 6) is -2.30. The van der Waals surface area contributed by atoms with Gasteiger partial charge in [0.05, 0.1) is 5.92 Å². The second kappa shape index (κ2) is 8.80. The molecule has 0 aliphatic carbocycles. The normalized spacial score (nSPS) is 11.5. The van der Waals surface area contributed by atoms with Crippen LogP contribution in [0, 0.1) is 5.92 Å². The largest absolute Gasteiger partial charge is 0.481 e. The Morgan fingerprint density at radius 3 is 2.27 bits per heavy atom. The molecule has 2 N–H and O–H groups in total. The quantitative estimate of drug-likeness (QED) is 0.797. The van der Waals surface area contributed by atoms with Crippen molar-refractivity contribution in [3.63, 3.8) is 0 Å². The smallest absolute Gasteiger partial charge is 0.308 e. The summed E-state index contributed by atoms with van der Waals surface area (Å²) in [6, 6.07) is 15.6. The summed E-state index contributed by atoms with van der Waals surface area (Å²) in [7, 11) is 3.27. The van der Waals surface area contributed by atoms with Crippen molar-refractivity contribution in [1.82, 2.24) is 10.2 Å². The topological polar surface area (TPSA) is 86.7 Å². The van der Waals surface area contributed by atoms with Crippen molar-refractivity contribution in [2.75, 3.05) is 20.6 Å². The predicted octanol–water partition coefficient (Wildman–Crippen LogP) is 2.06. The van der Waals surface area contributed by atoms with Gasteiger partial charge in [-0.1, -0.05) is 36.4 Å². The van der Waals surface area contributed by atoms with Gasteiger partial charge in [0.25, 0.3) is 11.8 Å². The number of carbonyl (C=O) groups is 3. The SMILES string of the molecule is CN(C)C(=O)c1cccc(C(=O)NCC(Cc2ccccc2)C(=O)O)c1. The van der Waals surface area contributed by atoms with E-state index in [1.54, 1.807) is 32.3 Å². The number of hydrogen-bond acceptors (Lipinski definition) is 3. The van der Waals surface area contributed by atoms with Crippen LogP contribution in [0.25, 0.3) is 0 Å². The zero-order chi connectivity index (χ0) is 19.1. The Morgan fingerprint density at radius 2 is 1.65 bits per heavy atom. The molecule has 2 rings (SSSR count). The number of carbonyl (C=O) groups excluding carboxylic acids is 2. The van der Waals surface area contributed by atoms with E-state index in [1.165, 1.54) is 11.0 Å². The van der Waals surface area contributed by atoms with E-state index in [9.17, 15) is 19.5 Å². The van der Waals surface area contributed by atoms with Gasteiger partial charge in [0.1, 0.15) is 0 Å². The van der Waals surface area contributed by atoms with E-state index in [0.29, 0.717) is 17.5 Å². The van der Waals surface area contributed by atoms with Gasteiger partial charge in [-0.15, -0.1) is 0 Å². The molecule has 0 radical (unpaired) electrons. The summed E-state index contributed by atoms with van der Waals surface area (Å²) in [5, 5.41) is 12.0. The lowest BCUT2D eigenvalue weighted by Crippen LogP contribution is -2.34. The minimum Gasteiger partial charge on any atom is -0.481 e. The molecule has 0 spiro atoms. The van der Waals surface area contributed by atoms with Crippen molar-refractivity contribution in [1.29, 1.82) is 0 Å². The van der Waals surface area contributed by atoms with E-state index >= 15 is 0 Å². The maximum absolute atomic E-state index is 12.3. The number of amides is 2. The van der Waals surface area contributed by atoms with Gasteiger partial charge < -0.3 is 15.3 Å². The zero-order valence-electron chi connectivity index (χ0n) is 14.8. The monoisotopic (exact) mass is 354 g/mol. The zero-order valence-corrected chi connectivity index (χ0v) is 14.8. The average Bonchev–Trinajstić information content (AvgIpc) is 2.64. The fourth-order valence-electron chi connectivity index (χ4n) is 2.52. The van der Waals surface area contributed by atoms with Gasteiger partial charge in [-0.25, -0.2) is 0 Å². The number of carboxylic acid groups (broad SMARTS) is 1. The molecule has 0 aromatic heterocycles. The van der Waals surface area contributed by atoms with Gasteiger partial charge in [0.15, 0.2) is 0 Å². The van der Waals surface area contributed by atoms with Gasteiger partial charge >= 0.3 is 5.97 Å². The second-order valence-corrected chi connectivity index (χ2v) is 6.22. The standard InChI is InChI=1S/C20H22N2O4/c1-22(2)19(24)16-10-6-9-15(12-16)18(23)21-13-17(20(25)26)11-14-7-4-3-5-8-14/h3-10,12,17H,11,13H2,1-2H3,(H,21,23)(H,25,26). The van der Waals surface area contributed by atoms with Gasteiger partial charge in [0, 0.05) is 31.8 Å². The summed E-state index contributed by atoms with van der Waals surface area (Å²) >= 11 is 0. The van der Waals surface area contributed by atoms with Crippen molar-refractivity contribution < 1.29 is 19.5 Å². The first-order valence-corrected chi connectivity index (χ1v) is 8.25. The molecule has 0 heterocycles. The van der Waals surface area contributed by atoms with Crippen LogP contribution in [-0.4, -0.2) is 48.4 Å². The molecule has 0 fully saturated rings. The van der Waals surface area contributed by atoms with Crippen LogP contribution < -0.4 is 5.32 Å². The van der Waals surface area contributed by atoms with E-state index < -0.39 is 17.8 Å². The van der Waals surface area contributed by atoms with E-state index in [-0.39, 0.29) is 12.5 Å². The first kappa shape index (κ1) is 19.2. The Bertz CT molecular complexity index is 787. The van der Waals surface area contributed by atoms with Crippen LogP contribution in [0.1, 0.15) is 26.3 Å². The highest BCUT2D eigenvalue weighted by atomic mass is 16.4. The van der Waals surface area contributed by atoms with Crippen molar-refractivity contribution in [2.24, 2.45) is 5.92 Å². The van der Waals surface area contributed by atoms with E-state index in [1.807, 2.05) is 30.3 Å². The number of hydrogen-bond donors (Lipinski definition) is 2. The van der Waals surface area contributed by atoms with Crippen LogP contribution in [0.5, 0.6) is 0 Å². The second-order valence-electron chi connectivity index (χ2n) is 6.22. The molecule has 0 aliphatic heterocycles. The molecule has 26 heavy (non-hydrogen) atoms. The maximum Gasteiger partial charge on any atom is 0.308 e. The van der Waals surface area contributed by atoms with Crippen molar-refractivity contribution in [3.05, 3.63) is 71.3 Å². The fraction of sp³-hybridized carbons (Fsp3) is 0.250. The van der Waals surface area contributed by atoms with Gasteiger partial charge in [-0.05, 0) is 30.2 Å². The van der Waals surface area contributed by atoms with E-state index in [2.05, 4.69) is 5.32 Å². The Labute approximate surface area is 152 Å². The highest BCUT2D eigenvalue weighted by Gasteiger charge is 2.20. The lowest BCUT2D eigenvalue weighted by atomic mass is 9.99. The lowest BCUT2D eigenvalue weighted by molar-refractivity contribution is -0.141. The molecule has 2 aromatic rings. The molecular weight excluding hydrogens is 332 g/mol. The third kappa shape index (κ3) is 5.17. The number of nitrogens with zero attached hydrogens (tertiary/aromatic N) is 1. The minimum atomic E-state index is -0.967. The Balaban J connectivity index is 2.03. The van der Waals surface area contributed by atoms with Gasteiger partial charge in [-0.3, -0.25) is 14.4 Å². The molecule has 2 amide bonds. The molecule has 0 saturated heterocycles. The highest BCUT2D eigenvalue weighted by Crippen LogP contribution is 2.10. The molecule has 136 valence electrons. The summed E-state index contributed by atoms with van der Waals surface area (Å²) in [6.07, 6.45) is 0.329. The number of carboxylic acids is 1. The van der Waals surface area contributed by atoms with E-state index in [0.717, 1.165) is 5.56 Å². The third-order valence-electron chi connectivity index (χ3n) is 3.96. The molecule has 2 aromatic carbocycles. The third-order valence-corrected chi connectivity index (χ3v) is 3.96. The molecule has 0 aliphatic rings. The van der Waals surface area contributed by atoms with Crippen LogP contribution in [0.2, 0.25) is 0 Å². The van der Waals surface area contributed by atoms with Crippen molar-refractivity contribution in [2.45, 2.75) is 6.42 Å². The Kier molecular flexibility index (Phi) is 6.49. The molecule has 6 heteroatoms. The van der Waals surface area contributed by atoms with Crippen LogP contribution in [0.3, 0.4) is 0 Å². The van der Waals surface area contributed by atoms with Crippen molar-refractivity contribution in [3.8, 4) is 0 Å². The molecule has 6 nitrogen and oxygen atoms in total. The highest BCUT2D eigenvalue weighted by molar-refractivity contribution is 5.99. The molecule has 1 atom stereocenters.